The summed E-state index contributed by atoms with van der Waals surface area (Å²) in [6.45, 7) is 3.11. The molecule has 4 aromatic rings. The van der Waals surface area contributed by atoms with E-state index in [1.165, 1.54) is 38.4 Å². The van der Waals surface area contributed by atoms with Gasteiger partial charge in [0.1, 0.15) is 33.9 Å². The number of rotatable bonds is 9. The number of hydrogen-bond donors (Lipinski definition) is 1. The number of sulfonamides is 1. The molecule has 0 bridgehead atoms. The number of aromatic nitrogens is 3. The maximum absolute atomic E-state index is 15.5. The fraction of sp³-hybridized carbons (Fsp3) is 0.185. The van der Waals surface area contributed by atoms with Crippen molar-refractivity contribution >= 4 is 33.3 Å². The van der Waals surface area contributed by atoms with Gasteiger partial charge in [-0.2, -0.15) is 0 Å². The average molecular weight is 624 g/mol. The zero-order valence-electron chi connectivity index (χ0n) is 22.6. The fourth-order valence-corrected chi connectivity index (χ4v) is 4.84. The predicted molar refractivity (Wildman–Crippen MR) is 144 cm³/mol. The number of nitrogens with zero attached hydrogens (tertiary/aromatic N) is 4. The van der Waals surface area contributed by atoms with Gasteiger partial charge in [-0.25, -0.2) is 32.2 Å². The number of halogens is 5. The van der Waals surface area contributed by atoms with Crippen molar-refractivity contribution in [1.82, 2.24) is 15.0 Å². The Morgan fingerprint density at radius 3 is 2.35 bits per heavy atom. The van der Waals surface area contributed by atoms with Crippen molar-refractivity contribution < 1.29 is 44.6 Å². The standard InChI is InChI=1S/C27H22F5N5O5S/c1-4-26(38)37(25-8-6-17(14-34-25)43(39,40)36-24-9-10-33-15(2)35-24)21-13-20(29)18(12-23(21)41-3)16-5-7-19(28)22(11-16)42-27(30,31)32/h5-14H,4H2,1-3H3,(H,33,35,36). The Hall–Kier alpha value is -4.86. The minimum atomic E-state index is -5.19. The Labute approximate surface area is 242 Å². The molecule has 4 rings (SSSR count). The second-order valence-corrected chi connectivity index (χ2v) is 10.4. The van der Waals surface area contributed by atoms with E-state index in [1.807, 2.05) is 0 Å². The Morgan fingerprint density at radius 2 is 1.74 bits per heavy atom. The van der Waals surface area contributed by atoms with Crippen LogP contribution in [0.4, 0.5) is 39.3 Å². The number of methoxy groups -OCH3 is 1. The quantitative estimate of drug-likeness (QED) is 0.229. The van der Waals surface area contributed by atoms with E-state index >= 15 is 4.39 Å². The van der Waals surface area contributed by atoms with Crippen molar-refractivity contribution in [3.63, 3.8) is 0 Å². The van der Waals surface area contributed by atoms with Crippen LogP contribution in [0.5, 0.6) is 11.5 Å². The number of amides is 1. The zero-order chi connectivity index (χ0) is 31.5. The molecule has 0 radical (unpaired) electrons. The summed E-state index contributed by atoms with van der Waals surface area (Å²) in [7, 11) is -2.93. The van der Waals surface area contributed by atoms with Crippen LogP contribution >= 0.6 is 0 Å². The van der Waals surface area contributed by atoms with Gasteiger partial charge >= 0.3 is 6.36 Å². The highest BCUT2D eigenvalue weighted by Gasteiger charge is 2.33. The summed E-state index contributed by atoms with van der Waals surface area (Å²) in [6, 6.07) is 8.15. The smallest absolute Gasteiger partial charge is 0.495 e. The van der Waals surface area contributed by atoms with E-state index in [0.29, 0.717) is 18.0 Å². The van der Waals surface area contributed by atoms with E-state index < -0.39 is 39.7 Å². The average Bonchev–Trinajstić information content (AvgIpc) is 2.94. The van der Waals surface area contributed by atoms with E-state index in [1.54, 1.807) is 6.92 Å². The van der Waals surface area contributed by atoms with Gasteiger partial charge in [0, 0.05) is 30.4 Å². The number of alkyl halides is 3. The van der Waals surface area contributed by atoms with Gasteiger partial charge in [-0.15, -0.1) is 13.2 Å². The van der Waals surface area contributed by atoms with Crippen molar-refractivity contribution in [1.29, 1.82) is 0 Å². The lowest BCUT2D eigenvalue weighted by atomic mass is 10.0. The number of benzene rings is 2. The molecule has 16 heteroatoms. The topological polar surface area (TPSA) is 124 Å². The maximum Gasteiger partial charge on any atom is 0.573 e. The van der Waals surface area contributed by atoms with Gasteiger partial charge in [-0.1, -0.05) is 13.0 Å². The van der Waals surface area contributed by atoms with Gasteiger partial charge in [-0.3, -0.25) is 14.4 Å². The van der Waals surface area contributed by atoms with E-state index in [9.17, 15) is 30.8 Å². The van der Waals surface area contributed by atoms with Crippen LogP contribution in [0.25, 0.3) is 11.1 Å². The molecule has 1 N–H and O–H groups in total. The molecule has 0 aliphatic heterocycles. The molecule has 0 atom stereocenters. The van der Waals surface area contributed by atoms with Crippen LogP contribution in [0.3, 0.4) is 0 Å². The fourth-order valence-electron chi connectivity index (χ4n) is 3.89. The summed E-state index contributed by atoms with van der Waals surface area (Å²) in [4.78, 5) is 25.7. The largest absolute Gasteiger partial charge is 0.573 e. The predicted octanol–water partition coefficient (Wildman–Crippen LogP) is 5.91. The minimum Gasteiger partial charge on any atom is -0.495 e. The molecule has 0 aliphatic carbocycles. The molecule has 2 aromatic heterocycles. The molecule has 0 fully saturated rings. The highest BCUT2D eigenvalue weighted by atomic mass is 32.2. The number of anilines is 3. The summed E-state index contributed by atoms with van der Waals surface area (Å²) in [5.74, 6) is -3.88. The highest BCUT2D eigenvalue weighted by molar-refractivity contribution is 7.92. The van der Waals surface area contributed by atoms with Crippen molar-refractivity contribution in [3.8, 4) is 22.6 Å². The Kier molecular flexibility index (Phi) is 8.80. The second kappa shape index (κ2) is 12.2. The van der Waals surface area contributed by atoms with Crippen LogP contribution in [-0.4, -0.2) is 42.7 Å². The summed E-state index contributed by atoms with van der Waals surface area (Å²) in [5, 5.41) is 0. The first-order valence-electron chi connectivity index (χ1n) is 12.3. The molecule has 2 aromatic carbocycles. The third-order valence-corrected chi connectivity index (χ3v) is 7.14. The summed E-state index contributed by atoms with van der Waals surface area (Å²) in [5.41, 5.74) is -0.588. The molecule has 43 heavy (non-hydrogen) atoms. The lowest BCUT2D eigenvalue weighted by Crippen LogP contribution is -2.26. The summed E-state index contributed by atoms with van der Waals surface area (Å²) < 4.78 is 104. The van der Waals surface area contributed by atoms with E-state index in [-0.39, 0.29) is 45.5 Å². The third kappa shape index (κ3) is 7.14. The number of hydrogen-bond acceptors (Lipinski definition) is 8. The SMILES string of the molecule is CCC(=O)N(c1ccc(S(=O)(=O)Nc2ccnc(C)n2)cn1)c1cc(F)c(-c2ccc(F)c(OC(F)(F)F)c2)cc1OC. The molecule has 2 heterocycles. The molecule has 0 spiro atoms. The monoisotopic (exact) mass is 623 g/mol. The molecule has 0 unspecified atom stereocenters. The minimum absolute atomic E-state index is 0.0258. The van der Waals surface area contributed by atoms with Crippen molar-refractivity contribution in [2.24, 2.45) is 0 Å². The highest BCUT2D eigenvalue weighted by Crippen LogP contribution is 2.40. The second-order valence-electron chi connectivity index (χ2n) is 8.73. The van der Waals surface area contributed by atoms with Crippen molar-refractivity contribution in [2.75, 3.05) is 16.7 Å². The zero-order valence-corrected chi connectivity index (χ0v) is 23.4. The lowest BCUT2D eigenvalue weighted by Gasteiger charge is -2.24. The third-order valence-electron chi connectivity index (χ3n) is 5.80. The van der Waals surface area contributed by atoms with Crippen LogP contribution in [0, 0.1) is 18.6 Å². The first kappa shape index (κ1) is 31.1. The summed E-state index contributed by atoms with van der Waals surface area (Å²) in [6.07, 6.45) is -2.91. The number of pyridine rings is 1. The molecule has 0 saturated heterocycles. The van der Waals surface area contributed by atoms with Gasteiger partial charge in [0.15, 0.2) is 11.6 Å². The molecule has 226 valence electrons. The number of aryl methyl sites for hydroxylation is 1. The molecule has 1 amide bonds. The molecular formula is C27H22F5N5O5S. The molecule has 0 aliphatic rings. The molecule has 10 nitrogen and oxygen atoms in total. The summed E-state index contributed by atoms with van der Waals surface area (Å²) >= 11 is 0. The maximum atomic E-state index is 15.5. The first-order chi connectivity index (χ1) is 20.2. The van der Waals surface area contributed by atoms with Gasteiger partial charge in [-0.05, 0) is 48.9 Å². The number of carbonyl (C=O) groups is 1. The van der Waals surface area contributed by atoms with E-state index in [4.69, 9.17) is 4.74 Å². The van der Waals surface area contributed by atoms with Crippen LogP contribution in [0.2, 0.25) is 0 Å². The normalized spacial score (nSPS) is 11.6. The van der Waals surface area contributed by atoms with Crippen molar-refractivity contribution in [3.05, 3.63) is 78.4 Å². The first-order valence-corrected chi connectivity index (χ1v) is 13.8. The Morgan fingerprint density at radius 1 is 1.00 bits per heavy atom. The number of ether oxygens (including phenoxy) is 2. The van der Waals surface area contributed by atoms with E-state index in [2.05, 4.69) is 24.4 Å². The Balaban J connectivity index is 1.73. The van der Waals surface area contributed by atoms with Gasteiger partial charge in [0.2, 0.25) is 5.91 Å². The van der Waals surface area contributed by atoms with Crippen LogP contribution in [0.1, 0.15) is 19.2 Å². The van der Waals surface area contributed by atoms with Crippen LogP contribution in [-0.2, 0) is 14.8 Å². The van der Waals surface area contributed by atoms with Crippen LogP contribution in [0.15, 0.2) is 65.8 Å². The van der Waals surface area contributed by atoms with Gasteiger partial charge < -0.3 is 9.47 Å². The van der Waals surface area contributed by atoms with Crippen LogP contribution < -0.4 is 19.1 Å². The number of carbonyl (C=O) groups excluding carboxylic acids is 1. The Bertz CT molecular complexity index is 1770. The number of nitrogens with one attached hydrogen (secondary N) is 1. The van der Waals surface area contributed by atoms with Gasteiger partial charge in [0.05, 0.1) is 12.8 Å². The van der Waals surface area contributed by atoms with Crippen molar-refractivity contribution in [2.45, 2.75) is 31.5 Å². The molecular weight excluding hydrogens is 601 g/mol. The lowest BCUT2D eigenvalue weighted by molar-refractivity contribution is -0.275. The van der Waals surface area contributed by atoms with Gasteiger partial charge in [0.25, 0.3) is 10.0 Å². The molecule has 0 saturated carbocycles. The van der Waals surface area contributed by atoms with E-state index in [0.717, 1.165) is 29.3 Å².